The largest absolute Gasteiger partial charge is 0.456 e. The van der Waals surface area contributed by atoms with Gasteiger partial charge in [-0.1, -0.05) is 115 Å². The number of nitrogens with zero attached hydrogens (tertiary/aromatic N) is 3. The third-order valence-corrected chi connectivity index (χ3v) is 13.5. The molecule has 13 rings (SSSR count). The molecule has 0 saturated carbocycles. The van der Waals surface area contributed by atoms with Crippen LogP contribution in [0, 0.1) is 0 Å². The molecule has 250 valence electrons. The number of furan rings is 1. The second-order valence-corrected chi connectivity index (χ2v) is 16.1. The summed E-state index contributed by atoms with van der Waals surface area (Å²) in [6.07, 6.45) is 0. The zero-order chi connectivity index (χ0) is 35.1. The Morgan fingerprint density at radius 1 is 0.463 bits per heavy atom. The van der Waals surface area contributed by atoms with Crippen LogP contribution in [0.25, 0.3) is 123 Å². The Kier molecular flexibility index (Phi) is 5.63. The smallest absolute Gasteiger partial charge is 0.165 e. The van der Waals surface area contributed by atoms with E-state index in [1.54, 1.807) is 11.3 Å². The van der Waals surface area contributed by atoms with Crippen molar-refractivity contribution >= 4 is 129 Å². The molecule has 5 heterocycles. The van der Waals surface area contributed by atoms with Gasteiger partial charge in [0.2, 0.25) is 0 Å². The van der Waals surface area contributed by atoms with Gasteiger partial charge in [-0.15, -0.1) is 22.7 Å². The Balaban J connectivity index is 1.26. The molecule has 13 aromatic rings. The molecule has 0 fully saturated rings. The maximum absolute atomic E-state index is 6.45. The van der Waals surface area contributed by atoms with Gasteiger partial charge in [-0.2, -0.15) is 0 Å². The van der Waals surface area contributed by atoms with Gasteiger partial charge in [-0.25, -0.2) is 9.97 Å². The fourth-order valence-corrected chi connectivity index (χ4v) is 11.2. The molecule has 6 heteroatoms. The summed E-state index contributed by atoms with van der Waals surface area (Å²) in [5, 5.41) is 13.3. The third-order valence-electron chi connectivity index (χ3n) is 11.2. The van der Waals surface area contributed by atoms with Crippen molar-refractivity contribution in [3.8, 4) is 17.1 Å². The van der Waals surface area contributed by atoms with E-state index in [0.29, 0.717) is 0 Å². The van der Waals surface area contributed by atoms with Crippen LogP contribution in [0.5, 0.6) is 0 Å². The van der Waals surface area contributed by atoms with Crippen LogP contribution < -0.4 is 0 Å². The van der Waals surface area contributed by atoms with Crippen molar-refractivity contribution in [3.05, 3.63) is 152 Å². The maximum Gasteiger partial charge on any atom is 0.165 e. The highest BCUT2D eigenvalue weighted by Gasteiger charge is 2.26. The van der Waals surface area contributed by atoms with Crippen LogP contribution >= 0.6 is 22.7 Å². The number of para-hydroxylation sites is 1. The number of aromatic nitrogens is 3. The minimum absolute atomic E-state index is 0.808. The topological polar surface area (TPSA) is 43.9 Å². The van der Waals surface area contributed by atoms with E-state index in [4.69, 9.17) is 14.4 Å². The number of hydrogen-bond donors (Lipinski definition) is 0. The van der Waals surface area contributed by atoms with Crippen molar-refractivity contribution in [3.63, 3.8) is 0 Å². The van der Waals surface area contributed by atoms with E-state index in [-0.39, 0.29) is 0 Å². The van der Waals surface area contributed by atoms with Crippen LogP contribution in [0.3, 0.4) is 0 Å². The summed E-state index contributed by atoms with van der Waals surface area (Å²) in [6.45, 7) is 0. The van der Waals surface area contributed by atoms with E-state index >= 15 is 0 Å². The molecule has 5 aromatic heterocycles. The first-order valence-electron chi connectivity index (χ1n) is 18.1. The summed E-state index contributed by atoms with van der Waals surface area (Å²) in [5.41, 5.74) is 6.68. The van der Waals surface area contributed by atoms with Gasteiger partial charge >= 0.3 is 0 Å². The van der Waals surface area contributed by atoms with Crippen LogP contribution in [0.2, 0.25) is 0 Å². The Bertz CT molecular complexity index is 3750. The van der Waals surface area contributed by atoms with Gasteiger partial charge in [0.05, 0.1) is 11.0 Å². The Hall–Kier alpha value is -6.60. The lowest BCUT2D eigenvalue weighted by molar-refractivity contribution is 0.669. The van der Waals surface area contributed by atoms with Crippen LogP contribution in [0.1, 0.15) is 0 Å². The third kappa shape index (κ3) is 3.75. The first kappa shape index (κ1) is 28.9. The van der Waals surface area contributed by atoms with E-state index in [0.717, 1.165) is 65.8 Å². The number of hydrogen-bond acceptors (Lipinski definition) is 5. The normalized spacial score (nSPS) is 12.4. The van der Waals surface area contributed by atoms with Crippen LogP contribution in [-0.4, -0.2) is 14.5 Å². The lowest BCUT2D eigenvalue weighted by Crippen LogP contribution is -2.03. The van der Waals surface area contributed by atoms with Gasteiger partial charge < -0.3 is 4.42 Å². The SMILES string of the molecule is c1ccc2c(c1)oc1cc(-c3nc4sc5ccccc5c4nc3-n3c4ccc5c6ccccc6sc5c4c4c5ccccc5c5ccccc5c43)ccc12. The molecule has 0 aliphatic rings. The zero-order valence-corrected chi connectivity index (χ0v) is 30.1. The minimum atomic E-state index is 0.808. The summed E-state index contributed by atoms with van der Waals surface area (Å²) in [5.74, 6) is 0.808. The predicted octanol–water partition coefficient (Wildman–Crippen LogP) is 14.2. The monoisotopic (exact) mass is 723 g/mol. The lowest BCUT2D eigenvalue weighted by atomic mass is 9.96. The van der Waals surface area contributed by atoms with E-state index in [9.17, 15) is 0 Å². The standard InChI is InChI=1S/C48H25N3OS2/c1-3-15-32-27(11-1)28-12-2-4-16-33(28)45-41(32)42-36(24-23-34-31-14-6-9-19-39(31)53-46(34)42)51(45)47-43(50-48-44(49-47)35-17-7-10-20-40(35)54-48)26-21-22-30-29-13-5-8-18-37(29)52-38(30)25-26/h1-25H. The average Bonchev–Trinajstić information content (AvgIpc) is 3.99. The van der Waals surface area contributed by atoms with E-state index < -0.39 is 0 Å². The number of thiophene rings is 2. The molecule has 54 heavy (non-hydrogen) atoms. The van der Waals surface area contributed by atoms with E-state index in [1.807, 2.05) is 23.5 Å². The van der Waals surface area contributed by atoms with Gasteiger partial charge in [0.25, 0.3) is 0 Å². The molecule has 0 saturated heterocycles. The van der Waals surface area contributed by atoms with Crippen molar-refractivity contribution < 1.29 is 4.42 Å². The highest BCUT2D eigenvalue weighted by atomic mass is 32.1. The van der Waals surface area contributed by atoms with Gasteiger partial charge in [0.15, 0.2) is 5.82 Å². The second-order valence-electron chi connectivity index (χ2n) is 14.0. The van der Waals surface area contributed by atoms with Gasteiger partial charge in [0.1, 0.15) is 27.2 Å². The van der Waals surface area contributed by atoms with Gasteiger partial charge in [-0.3, -0.25) is 4.57 Å². The van der Waals surface area contributed by atoms with E-state index in [2.05, 4.69) is 144 Å². The molecular weight excluding hydrogens is 699 g/mol. The fourth-order valence-electron chi connectivity index (χ4n) is 8.89. The second kappa shape index (κ2) is 10.5. The number of benzene rings is 8. The summed E-state index contributed by atoms with van der Waals surface area (Å²) < 4.78 is 12.6. The van der Waals surface area contributed by atoms with Crippen molar-refractivity contribution in [2.45, 2.75) is 0 Å². The molecule has 0 spiro atoms. The van der Waals surface area contributed by atoms with Crippen LogP contribution in [-0.2, 0) is 0 Å². The van der Waals surface area contributed by atoms with Crippen molar-refractivity contribution in [1.82, 2.24) is 14.5 Å². The molecule has 0 N–H and O–H groups in total. The molecule has 0 radical (unpaired) electrons. The zero-order valence-electron chi connectivity index (χ0n) is 28.5. The molecule has 0 aliphatic heterocycles. The summed E-state index contributed by atoms with van der Waals surface area (Å²) in [6, 6.07) is 54.4. The van der Waals surface area contributed by atoms with Crippen LogP contribution in [0.15, 0.2) is 156 Å². The van der Waals surface area contributed by atoms with E-state index in [1.165, 1.54) is 57.2 Å². The van der Waals surface area contributed by atoms with Crippen molar-refractivity contribution in [2.24, 2.45) is 0 Å². The Labute approximate surface area is 314 Å². The minimum Gasteiger partial charge on any atom is -0.456 e. The fraction of sp³-hybridized carbons (Fsp3) is 0. The molecule has 8 aromatic carbocycles. The summed E-state index contributed by atoms with van der Waals surface area (Å²) in [7, 11) is 0. The van der Waals surface area contributed by atoms with Gasteiger partial charge in [0, 0.05) is 62.8 Å². The number of fused-ring (bicyclic) bond motifs is 18. The summed E-state index contributed by atoms with van der Waals surface area (Å²) >= 11 is 3.57. The molecule has 4 nitrogen and oxygen atoms in total. The molecular formula is C48H25N3OS2. The molecule has 0 amide bonds. The first-order chi connectivity index (χ1) is 26.8. The van der Waals surface area contributed by atoms with Crippen molar-refractivity contribution in [2.75, 3.05) is 0 Å². The quantitative estimate of drug-likeness (QED) is 0.167. The molecule has 0 aliphatic carbocycles. The Morgan fingerprint density at radius 3 is 1.93 bits per heavy atom. The Morgan fingerprint density at radius 2 is 1.09 bits per heavy atom. The first-order valence-corrected chi connectivity index (χ1v) is 19.7. The maximum atomic E-state index is 6.45. The molecule has 0 unspecified atom stereocenters. The molecule has 0 atom stereocenters. The highest BCUT2D eigenvalue weighted by molar-refractivity contribution is 7.27. The predicted molar refractivity (Wildman–Crippen MR) is 230 cm³/mol. The number of rotatable bonds is 2. The van der Waals surface area contributed by atoms with Gasteiger partial charge in [-0.05, 0) is 52.6 Å². The summed E-state index contributed by atoms with van der Waals surface area (Å²) in [4.78, 5) is 12.2. The molecule has 0 bridgehead atoms. The average molecular weight is 724 g/mol. The van der Waals surface area contributed by atoms with Crippen LogP contribution in [0.4, 0.5) is 0 Å². The highest BCUT2D eigenvalue weighted by Crippen LogP contribution is 2.49. The van der Waals surface area contributed by atoms with Crippen molar-refractivity contribution in [1.29, 1.82) is 0 Å². The lowest BCUT2D eigenvalue weighted by Gasteiger charge is -2.15.